The summed E-state index contributed by atoms with van der Waals surface area (Å²) < 4.78 is 5.21. The number of pyridine rings is 1. The smallest absolute Gasteiger partial charge is 0.260 e. The van der Waals surface area contributed by atoms with Crippen LogP contribution in [0.3, 0.4) is 0 Å². The number of rotatable bonds is 2. The first kappa shape index (κ1) is 10.8. The third-order valence-electron chi connectivity index (χ3n) is 2.45. The summed E-state index contributed by atoms with van der Waals surface area (Å²) in [6.07, 6.45) is 4.67. The Labute approximate surface area is 107 Å². The maximum absolute atomic E-state index is 9.15. The first-order valence-electron chi connectivity index (χ1n) is 5.23. The lowest BCUT2D eigenvalue weighted by Crippen LogP contribution is -1.88. The number of nitriles is 1. The Balaban J connectivity index is 2.21. The number of hydrogen-bond acceptors (Lipinski definition) is 5. The van der Waals surface area contributed by atoms with E-state index in [0.29, 0.717) is 10.8 Å². The van der Waals surface area contributed by atoms with E-state index in [9.17, 15) is 0 Å². The Kier molecular flexibility index (Phi) is 2.71. The van der Waals surface area contributed by atoms with E-state index in [1.807, 2.05) is 24.3 Å². The van der Waals surface area contributed by atoms with Crippen LogP contribution in [-0.4, -0.2) is 9.97 Å². The molecule has 0 saturated heterocycles. The fraction of sp³-hybridized carbons (Fsp3) is 0. The predicted molar refractivity (Wildman–Crippen MR) is 67.1 cm³/mol. The number of para-hydroxylation sites is 1. The van der Waals surface area contributed by atoms with Gasteiger partial charge in [-0.1, -0.05) is 18.2 Å². The molecule has 86 valence electrons. The van der Waals surface area contributed by atoms with Gasteiger partial charge in [0.15, 0.2) is 0 Å². The van der Waals surface area contributed by atoms with Crippen LogP contribution in [0.2, 0.25) is 0 Å². The summed E-state index contributed by atoms with van der Waals surface area (Å²) >= 11 is 1.33. The molecule has 0 atom stereocenters. The molecular weight excluding hydrogens is 246 g/mol. The number of nitrogens with zero attached hydrogens (tertiary/aromatic N) is 3. The van der Waals surface area contributed by atoms with E-state index >= 15 is 0 Å². The Morgan fingerprint density at radius 2 is 2.11 bits per heavy atom. The summed E-state index contributed by atoms with van der Waals surface area (Å²) in [4.78, 5) is 9.14. The second-order valence-electron chi connectivity index (χ2n) is 3.53. The second-order valence-corrected chi connectivity index (χ2v) is 4.49. The molecule has 0 unspecified atom stereocenters. The van der Waals surface area contributed by atoms with Crippen LogP contribution in [0.15, 0.2) is 57.5 Å². The van der Waals surface area contributed by atoms with Crippen molar-refractivity contribution in [2.24, 2.45) is 0 Å². The van der Waals surface area contributed by atoms with Crippen molar-refractivity contribution in [2.75, 3.05) is 0 Å². The summed E-state index contributed by atoms with van der Waals surface area (Å²) in [5, 5.41) is 10.6. The van der Waals surface area contributed by atoms with Crippen molar-refractivity contribution >= 4 is 22.7 Å². The van der Waals surface area contributed by atoms with E-state index in [1.54, 1.807) is 12.4 Å². The largest absolute Gasteiger partial charge is 0.440 e. The molecule has 5 heteroatoms. The van der Waals surface area contributed by atoms with Gasteiger partial charge in [0, 0.05) is 16.5 Å². The molecule has 0 spiro atoms. The van der Waals surface area contributed by atoms with Gasteiger partial charge in [-0.3, -0.25) is 4.98 Å². The molecule has 0 bridgehead atoms. The second kappa shape index (κ2) is 4.51. The number of oxazole rings is 1. The molecule has 0 fully saturated rings. The van der Waals surface area contributed by atoms with Crippen LogP contribution in [0.25, 0.3) is 10.9 Å². The summed E-state index contributed by atoms with van der Waals surface area (Å²) in [6.45, 7) is 0. The molecule has 0 radical (unpaired) electrons. The zero-order chi connectivity index (χ0) is 12.4. The van der Waals surface area contributed by atoms with Crippen LogP contribution in [0, 0.1) is 11.3 Å². The minimum Gasteiger partial charge on any atom is -0.440 e. The summed E-state index contributed by atoms with van der Waals surface area (Å²) in [5.41, 5.74) is 1.38. The van der Waals surface area contributed by atoms with Crippen molar-refractivity contribution in [2.45, 2.75) is 10.1 Å². The highest BCUT2D eigenvalue weighted by Gasteiger charge is 2.12. The van der Waals surface area contributed by atoms with Gasteiger partial charge in [-0.2, -0.15) is 5.26 Å². The highest BCUT2D eigenvalue weighted by Crippen LogP contribution is 2.34. The van der Waals surface area contributed by atoms with Crippen LogP contribution in [0.1, 0.15) is 5.56 Å². The van der Waals surface area contributed by atoms with Crippen LogP contribution in [0.5, 0.6) is 0 Å². The average molecular weight is 253 g/mol. The highest BCUT2D eigenvalue weighted by molar-refractivity contribution is 7.99. The third kappa shape index (κ3) is 1.83. The molecule has 4 nitrogen and oxygen atoms in total. The molecule has 18 heavy (non-hydrogen) atoms. The van der Waals surface area contributed by atoms with Gasteiger partial charge in [0.2, 0.25) is 0 Å². The zero-order valence-corrected chi connectivity index (χ0v) is 10.0. The van der Waals surface area contributed by atoms with Crippen molar-refractivity contribution in [3.05, 3.63) is 48.5 Å². The Hall–Kier alpha value is -2.32. The SMILES string of the molecule is N#Cc1cnc2ccccc2c1Sc1ncco1. The Bertz CT molecular complexity index is 732. The van der Waals surface area contributed by atoms with Crippen LogP contribution >= 0.6 is 11.8 Å². The standard InChI is InChI=1S/C13H7N3OS/c14-7-9-8-16-11-4-2-1-3-10(11)12(9)18-13-15-5-6-17-13/h1-6,8H. The van der Waals surface area contributed by atoms with Crippen molar-refractivity contribution < 1.29 is 4.42 Å². The van der Waals surface area contributed by atoms with Gasteiger partial charge in [-0.25, -0.2) is 4.98 Å². The molecule has 0 aliphatic carbocycles. The average Bonchev–Trinajstić information content (AvgIpc) is 2.92. The van der Waals surface area contributed by atoms with E-state index in [-0.39, 0.29) is 0 Å². The molecule has 0 N–H and O–H groups in total. The van der Waals surface area contributed by atoms with Gasteiger partial charge in [0.1, 0.15) is 12.3 Å². The predicted octanol–water partition coefficient (Wildman–Crippen LogP) is 3.25. The minimum atomic E-state index is 0.517. The van der Waals surface area contributed by atoms with Gasteiger partial charge in [-0.05, 0) is 17.8 Å². The van der Waals surface area contributed by atoms with Crippen LogP contribution < -0.4 is 0 Å². The number of aromatic nitrogens is 2. The van der Waals surface area contributed by atoms with E-state index in [2.05, 4.69) is 16.0 Å². The summed E-state index contributed by atoms with van der Waals surface area (Å²) in [5.74, 6) is 0. The Morgan fingerprint density at radius 1 is 1.22 bits per heavy atom. The fourth-order valence-corrected chi connectivity index (χ4v) is 2.54. The van der Waals surface area contributed by atoms with E-state index in [4.69, 9.17) is 9.68 Å². The topological polar surface area (TPSA) is 62.7 Å². The maximum atomic E-state index is 9.15. The first-order chi connectivity index (χ1) is 8.88. The normalized spacial score (nSPS) is 10.4. The number of fused-ring (bicyclic) bond motifs is 1. The van der Waals surface area contributed by atoms with Gasteiger partial charge in [0.25, 0.3) is 5.22 Å². The molecule has 0 aliphatic rings. The van der Waals surface area contributed by atoms with E-state index in [0.717, 1.165) is 15.8 Å². The molecular formula is C13H7N3OS. The van der Waals surface area contributed by atoms with Gasteiger partial charge >= 0.3 is 0 Å². The lowest BCUT2D eigenvalue weighted by atomic mass is 10.2. The molecule has 3 aromatic rings. The van der Waals surface area contributed by atoms with Crippen molar-refractivity contribution in [1.82, 2.24) is 9.97 Å². The highest BCUT2D eigenvalue weighted by atomic mass is 32.2. The zero-order valence-electron chi connectivity index (χ0n) is 9.20. The van der Waals surface area contributed by atoms with Crippen molar-refractivity contribution in [3.63, 3.8) is 0 Å². The molecule has 2 aromatic heterocycles. The summed E-state index contributed by atoms with van der Waals surface area (Å²) in [6, 6.07) is 9.84. The molecule has 0 saturated carbocycles. The summed E-state index contributed by atoms with van der Waals surface area (Å²) in [7, 11) is 0. The van der Waals surface area contributed by atoms with Gasteiger partial charge in [-0.15, -0.1) is 0 Å². The quantitative estimate of drug-likeness (QED) is 0.701. The van der Waals surface area contributed by atoms with Gasteiger partial charge in [0.05, 0.1) is 17.3 Å². The number of hydrogen-bond donors (Lipinski definition) is 0. The maximum Gasteiger partial charge on any atom is 0.260 e. The molecule has 1 aromatic carbocycles. The fourth-order valence-electron chi connectivity index (χ4n) is 1.65. The minimum absolute atomic E-state index is 0.517. The molecule has 0 amide bonds. The lowest BCUT2D eigenvalue weighted by Gasteiger charge is -2.05. The van der Waals surface area contributed by atoms with Gasteiger partial charge < -0.3 is 4.42 Å². The number of benzene rings is 1. The third-order valence-corrected chi connectivity index (χ3v) is 3.47. The van der Waals surface area contributed by atoms with Crippen LogP contribution in [0.4, 0.5) is 0 Å². The molecule has 0 aliphatic heterocycles. The first-order valence-corrected chi connectivity index (χ1v) is 6.05. The van der Waals surface area contributed by atoms with E-state index in [1.165, 1.54) is 18.0 Å². The Morgan fingerprint density at radius 3 is 2.89 bits per heavy atom. The molecule has 2 heterocycles. The molecule has 3 rings (SSSR count). The van der Waals surface area contributed by atoms with Crippen molar-refractivity contribution in [3.8, 4) is 6.07 Å². The van der Waals surface area contributed by atoms with Crippen LogP contribution in [-0.2, 0) is 0 Å². The van der Waals surface area contributed by atoms with E-state index < -0.39 is 0 Å². The lowest BCUT2D eigenvalue weighted by molar-refractivity contribution is 0.454. The monoisotopic (exact) mass is 253 g/mol. The van der Waals surface area contributed by atoms with Crippen molar-refractivity contribution in [1.29, 1.82) is 5.26 Å².